The van der Waals surface area contributed by atoms with E-state index in [9.17, 15) is 0 Å². The van der Waals surface area contributed by atoms with Gasteiger partial charge in [-0.15, -0.1) is 0 Å². The second kappa shape index (κ2) is 3.38. The topological polar surface area (TPSA) is 37.9 Å². The van der Waals surface area contributed by atoms with E-state index in [1.54, 1.807) is 7.11 Å². The number of aromatic nitrogens is 2. The van der Waals surface area contributed by atoms with E-state index in [1.165, 1.54) is 0 Å². The summed E-state index contributed by atoms with van der Waals surface area (Å²) >= 11 is 3.42. The number of alkyl halides is 1. The summed E-state index contributed by atoms with van der Waals surface area (Å²) in [4.78, 5) is 7.36. The number of benzene rings is 1. The molecule has 4 heteroatoms. The molecular weight excluding hydrogens is 232 g/mol. The SMILES string of the molecule is COc1nc2c(CBr)cccc2[nH]1. The predicted molar refractivity (Wildman–Crippen MR) is 55.3 cm³/mol. The number of para-hydroxylation sites is 1. The normalized spacial score (nSPS) is 10.6. The van der Waals surface area contributed by atoms with E-state index in [0.29, 0.717) is 6.01 Å². The van der Waals surface area contributed by atoms with Crippen LogP contribution in [0.2, 0.25) is 0 Å². The molecule has 2 aromatic rings. The number of hydrogen-bond acceptors (Lipinski definition) is 2. The first-order valence-electron chi connectivity index (χ1n) is 3.92. The van der Waals surface area contributed by atoms with Gasteiger partial charge in [0.2, 0.25) is 0 Å². The van der Waals surface area contributed by atoms with Gasteiger partial charge in [0.1, 0.15) is 0 Å². The third-order valence-corrected chi connectivity index (χ3v) is 2.52. The molecule has 68 valence electrons. The number of ether oxygens (including phenoxy) is 1. The minimum Gasteiger partial charge on any atom is -0.468 e. The first kappa shape index (κ1) is 8.56. The Morgan fingerprint density at radius 1 is 1.54 bits per heavy atom. The third-order valence-electron chi connectivity index (χ3n) is 1.91. The van der Waals surface area contributed by atoms with Crippen molar-refractivity contribution in [2.75, 3.05) is 7.11 Å². The summed E-state index contributed by atoms with van der Waals surface area (Å²) in [6.07, 6.45) is 0. The lowest BCUT2D eigenvalue weighted by atomic mass is 10.2. The van der Waals surface area contributed by atoms with E-state index in [1.807, 2.05) is 18.2 Å². The van der Waals surface area contributed by atoms with Crippen LogP contribution >= 0.6 is 15.9 Å². The van der Waals surface area contributed by atoms with E-state index in [0.717, 1.165) is 21.9 Å². The molecular formula is C9H9BrN2O. The van der Waals surface area contributed by atoms with Crippen LogP contribution in [0.5, 0.6) is 6.01 Å². The molecule has 0 atom stereocenters. The Hall–Kier alpha value is -1.03. The Morgan fingerprint density at radius 2 is 2.38 bits per heavy atom. The van der Waals surface area contributed by atoms with Crippen molar-refractivity contribution in [3.05, 3.63) is 23.8 Å². The largest absolute Gasteiger partial charge is 0.468 e. The quantitative estimate of drug-likeness (QED) is 0.820. The fraction of sp³-hybridized carbons (Fsp3) is 0.222. The van der Waals surface area contributed by atoms with E-state index < -0.39 is 0 Å². The number of imidazole rings is 1. The molecule has 0 saturated carbocycles. The minimum atomic E-state index is 0.559. The van der Waals surface area contributed by atoms with E-state index in [-0.39, 0.29) is 0 Å². The molecule has 0 aliphatic heterocycles. The highest BCUT2D eigenvalue weighted by Gasteiger charge is 2.05. The molecule has 0 spiro atoms. The molecule has 1 N–H and O–H groups in total. The molecule has 3 nitrogen and oxygen atoms in total. The Morgan fingerprint density at radius 3 is 3.08 bits per heavy atom. The van der Waals surface area contributed by atoms with Crippen LogP contribution in [-0.4, -0.2) is 17.1 Å². The predicted octanol–water partition coefficient (Wildman–Crippen LogP) is 2.47. The standard InChI is InChI=1S/C9H9BrN2O/c1-13-9-11-7-4-2-3-6(5-10)8(7)12-9/h2-4H,5H2,1H3,(H,11,12). The van der Waals surface area contributed by atoms with Gasteiger partial charge in [0.25, 0.3) is 6.01 Å². The van der Waals surface area contributed by atoms with Crippen LogP contribution in [0.1, 0.15) is 5.56 Å². The molecule has 0 aliphatic carbocycles. The van der Waals surface area contributed by atoms with Gasteiger partial charge >= 0.3 is 0 Å². The lowest BCUT2D eigenvalue weighted by molar-refractivity contribution is 0.386. The molecule has 0 amide bonds. The van der Waals surface area contributed by atoms with Gasteiger partial charge in [0.15, 0.2) is 0 Å². The van der Waals surface area contributed by atoms with Crippen LogP contribution < -0.4 is 4.74 Å². The molecule has 0 unspecified atom stereocenters. The molecule has 1 aromatic carbocycles. The Labute approximate surface area is 84.3 Å². The highest BCUT2D eigenvalue weighted by Crippen LogP contribution is 2.21. The van der Waals surface area contributed by atoms with Crippen molar-refractivity contribution in [3.8, 4) is 6.01 Å². The van der Waals surface area contributed by atoms with Gasteiger partial charge < -0.3 is 9.72 Å². The number of rotatable bonds is 2. The first-order valence-corrected chi connectivity index (χ1v) is 5.05. The third kappa shape index (κ3) is 1.42. The number of H-pyrrole nitrogens is 1. The second-order valence-electron chi connectivity index (χ2n) is 2.69. The highest BCUT2D eigenvalue weighted by molar-refractivity contribution is 9.08. The number of aromatic amines is 1. The Kier molecular flexibility index (Phi) is 2.22. The van der Waals surface area contributed by atoms with Crippen LogP contribution in [0.4, 0.5) is 0 Å². The highest BCUT2D eigenvalue weighted by atomic mass is 79.9. The smallest absolute Gasteiger partial charge is 0.294 e. The lowest BCUT2D eigenvalue weighted by Crippen LogP contribution is -1.83. The number of halogens is 1. The van der Waals surface area contributed by atoms with Gasteiger partial charge in [0, 0.05) is 5.33 Å². The zero-order chi connectivity index (χ0) is 9.26. The molecule has 1 aromatic heterocycles. The molecule has 0 saturated heterocycles. The van der Waals surface area contributed by atoms with Crippen molar-refractivity contribution in [3.63, 3.8) is 0 Å². The minimum absolute atomic E-state index is 0.559. The molecule has 0 fully saturated rings. The number of methoxy groups -OCH3 is 1. The first-order chi connectivity index (χ1) is 6.35. The van der Waals surface area contributed by atoms with Crippen LogP contribution in [0.3, 0.4) is 0 Å². The van der Waals surface area contributed by atoms with Crippen molar-refractivity contribution in [1.82, 2.24) is 9.97 Å². The van der Waals surface area contributed by atoms with Crippen LogP contribution in [-0.2, 0) is 5.33 Å². The van der Waals surface area contributed by atoms with Crippen molar-refractivity contribution in [1.29, 1.82) is 0 Å². The fourth-order valence-electron chi connectivity index (χ4n) is 1.27. The van der Waals surface area contributed by atoms with Gasteiger partial charge in [-0.3, -0.25) is 0 Å². The summed E-state index contributed by atoms with van der Waals surface area (Å²) in [6.45, 7) is 0. The summed E-state index contributed by atoms with van der Waals surface area (Å²) in [7, 11) is 1.60. The monoisotopic (exact) mass is 240 g/mol. The summed E-state index contributed by atoms with van der Waals surface area (Å²) in [5, 5.41) is 0.804. The Bertz CT molecular complexity index is 424. The summed E-state index contributed by atoms with van der Waals surface area (Å²) < 4.78 is 5.02. The molecule has 0 aliphatic rings. The molecule has 2 rings (SSSR count). The second-order valence-corrected chi connectivity index (χ2v) is 3.25. The zero-order valence-electron chi connectivity index (χ0n) is 7.17. The number of nitrogens with one attached hydrogen (secondary N) is 1. The van der Waals surface area contributed by atoms with Gasteiger partial charge in [-0.25, -0.2) is 0 Å². The van der Waals surface area contributed by atoms with E-state index in [4.69, 9.17) is 4.74 Å². The summed E-state index contributed by atoms with van der Waals surface area (Å²) in [6, 6.07) is 6.58. The van der Waals surface area contributed by atoms with Crippen LogP contribution in [0, 0.1) is 0 Å². The fourth-order valence-corrected chi connectivity index (χ4v) is 1.73. The van der Waals surface area contributed by atoms with Gasteiger partial charge in [-0.05, 0) is 11.6 Å². The van der Waals surface area contributed by atoms with Gasteiger partial charge in [-0.2, -0.15) is 4.98 Å². The zero-order valence-corrected chi connectivity index (χ0v) is 8.76. The number of hydrogen-bond donors (Lipinski definition) is 1. The maximum Gasteiger partial charge on any atom is 0.294 e. The summed E-state index contributed by atoms with van der Waals surface area (Å²) in [5.74, 6) is 0. The molecule has 0 radical (unpaired) electrons. The van der Waals surface area contributed by atoms with Crippen LogP contribution in [0.25, 0.3) is 11.0 Å². The molecule has 0 bridgehead atoms. The summed E-state index contributed by atoms with van der Waals surface area (Å²) in [5.41, 5.74) is 3.14. The lowest BCUT2D eigenvalue weighted by Gasteiger charge is -1.93. The molecule has 13 heavy (non-hydrogen) atoms. The van der Waals surface area contributed by atoms with Crippen molar-refractivity contribution >= 4 is 27.0 Å². The number of nitrogens with zero attached hydrogens (tertiary/aromatic N) is 1. The maximum atomic E-state index is 5.02. The van der Waals surface area contributed by atoms with E-state index >= 15 is 0 Å². The average Bonchev–Trinajstić information content (AvgIpc) is 2.59. The number of fused-ring (bicyclic) bond motifs is 1. The maximum absolute atomic E-state index is 5.02. The van der Waals surface area contributed by atoms with E-state index in [2.05, 4.69) is 25.9 Å². The van der Waals surface area contributed by atoms with Gasteiger partial charge in [-0.1, -0.05) is 28.1 Å². The van der Waals surface area contributed by atoms with Gasteiger partial charge in [0.05, 0.1) is 18.1 Å². The molecule has 1 heterocycles. The average molecular weight is 241 g/mol. The van der Waals surface area contributed by atoms with Crippen molar-refractivity contribution in [2.24, 2.45) is 0 Å². The van der Waals surface area contributed by atoms with Crippen molar-refractivity contribution < 1.29 is 4.74 Å². The van der Waals surface area contributed by atoms with Crippen molar-refractivity contribution in [2.45, 2.75) is 5.33 Å². The Balaban J connectivity index is 2.67. The van der Waals surface area contributed by atoms with Crippen LogP contribution in [0.15, 0.2) is 18.2 Å².